The van der Waals surface area contributed by atoms with Crippen LogP contribution in [0.4, 0.5) is 10.5 Å². The van der Waals surface area contributed by atoms with Gasteiger partial charge >= 0.3 is 6.09 Å². The van der Waals surface area contributed by atoms with Crippen molar-refractivity contribution in [3.8, 4) is 0 Å². The molecule has 3 aromatic rings. The van der Waals surface area contributed by atoms with Gasteiger partial charge in [0.05, 0.1) is 23.8 Å². The fourth-order valence-corrected chi connectivity index (χ4v) is 4.17. The second kappa shape index (κ2) is 6.72. The normalized spacial score (nSPS) is 17.6. The number of fused-ring (bicyclic) bond motifs is 3. The number of hydrogen-bond donors (Lipinski definition) is 0. The van der Waals surface area contributed by atoms with Crippen LogP contribution < -0.4 is 4.90 Å². The molecule has 0 bridgehead atoms. The molecule has 1 amide bonds. The number of ether oxygens (including phenoxy) is 1. The summed E-state index contributed by atoms with van der Waals surface area (Å²) in [5.41, 5.74) is 5.40. The van der Waals surface area contributed by atoms with Gasteiger partial charge in [0.15, 0.2) is 0 Å². The predicted octanol–water partition coefficient (Wildman–Crippen LogP) is 4.63. The molecule has 0 spiro atoms. The number of carbonyl (C=O) groups is 1. The highest BCUT2D eigenvalue weighted by molar-refractivity contribution is 5.95. The van der Waals surface area contributed by atoms with Crippen LogP contribution in [0.15, 0.2) is 42.5 Å². The van der Waals surface area contributed by atoms with E-state index in [1.54, 1.807) is 4.90 Å². The fourth-order valence-electron chi connectivity index (χ4n) is 4.17. The molecule has 140 valence electrons. The quantitative estimate of drug-likeness (QED) is 0.667. The van der Waals surface area contributed by atoms with Gasteiger partial charge < -0.3 is 9.30 Å². The summed E-state index contributed by atoms with van der Waals surface area (Å²) in [6, 6.07) is 14.6. The van der Waals surface area contributed by atoms with Crippen LogP contribution in [0.1, 0.15) is 43.1 Å². The number of aryl methyl sites for hydroxylation is 2. The fraction of sp³-hybridized carbons (Fsp3) is 0.364. The lowest BCUT2D eigenvalue weighted by molar-refractivity contribution is 0.175. The Morgan fingerprint density at radius 3 is 2.67 bits per heavy atom. The Labute approximate surface area is 159 Å². The van der Waals surface area contributed by atoms with E-state index in [1.807, 2.05) is 12.1 Å². The summed E-state index contributed by atoms with van der Waals surface area (Å²) in [4.78, 5) is 19.1. The van der Waals surface area contributed by atoms with E-state index in [2.05, 4.69) is 55.8 Å². The van der Waals surface area contributed by atoms with Crippen LogP contribution in [0.3, 0.4) is 0 Å². The maximum Gasteiger partial charge on any atom is 0.414 e. The van der Waals surface area contributed by atoms with Gasteiger partial charge in [-0.05, 0) is 37.5 Å². The van der Waals surface area contributed by atoms with Gasteiger partial charge in [0, 0.05) is 24.6 Å². The zero-order chi connectivity index (χ0) is 19.1. The van der Waals surface area contributed by atoms with Crippen molar-refractivity contribution in [2.45, 2.75) is 38.6 Å². The van der Waals surface area contributed by atoms with Gasteiger partial charge in [-0.15, -0.1) is 0 Å². The SMILES string of the molecule is COC(=O)N1c2ccc3c(nc([C@@H](C)c4ccccc4)n3C)c2CC[C@@H]1C. The zero-order valence-electron chi connectivity index (χ0n) is 16.3. The van der Waals surface area contributed by atoms with Crippen molar-refractivity contribution in [3.63, 3.8) is 0 Å². The molecule has 0 radical (unpaired) electrons. The number of carbonyl (C=O) groups excluding carboxylic acids is 1. The highest BCUT2D eigenvalue weighted by Gasteiger charge is 2.31. The average molecular weight is 363 g/mol. The van der Waals surface area contributed by atoms with Crippen molar-refractivity contribution >= 4 is 22.8 Å². The molecule has 2 atom stereocenters. The summed E-state index contributed by atoms with van der Waals surface area (Å²) < 4.78 is 7.19. The summed E-state index contributed by atoms with van der Waals surface area (Å²) in [5, 5.41) is 0. The second-order valence-electron chi connectivity index (χ2n) is 7.32. The molecule has 5 nitrogen and oxygen atoms in total. The number of methoxy groups -OCH3 is 1. The van der Waals surface area contributed by atoms with Gasteiger partial charge in [0.1, 0.15) is 5.82 Å². The molecule has 0 saturated carbocycles. The van der Waals surface area contributed by atoms with Crippen molar-refractivity contribution in [1.29, 1.82) is 0 Å². The Morgan fingerprint density at radius 2 is 1.96 bits per heavy atom. The molecule has 2 heterocycles. The van der Waals surface area contributed by atoms with Gasteiger partial charge in [0.25, 0.3) is 0 Å². The minimum absolute atomic E-state index is 0.119. The summed E-state index contributed by atoms with van der Waals surface area (Å²) in [6.45, 7) is 4.25. The van der Waals surface area contributed by atoms with Gasteiger partial charge in [-0.3, -0.25) is 4.90 Å². The number of rotatable bonds is 2. The standard InChI is InChI=1S/C22H25N3O2/c1-14-10-11-17-18(25(14)22(26)27-4)12-13-19-20(17)23-21(24(19)3)15(2)16-8-6-5-7-9-16/h5-9,12-15H,10-11H2,1-4H3/t14-,15-/m0/s1. The third kappa shape index (κ3) is 2.78. The van der Waals surface area contributed by atoms with E-state index in [0.717, 1.165) is 41.0 Å². The molecule has 0 saturated heterocycles. The Kier molecular flexibility index (Phi) is 4.38. The number of imidazole rings is 1. The summed E-state index contributed by atoms with van der Waals surface area (Å²) in [6.07, 6.45) is 1.51. The molecular weight excluding hydrogens is 338 g/mol. The van der Waals surface area contributed by atoms with Crippen molar-refractivity contribution in [2.75, 3.05) is 12.0 Å². The highest BCUT2D eigenvalue weighted by Crippen LogP contribution is 2.37. The molecule has 1 aromatic heterocycles. The maximum absolute atomic E-state index is 12.3. The monoisotopic (exact) mass is 363 g/mol. The molecule has 1 aliphatic heterocycles. The van der Waals surface area contributed by atoms with E-state index < -0.39 is 0 Å². The van der Waals surface area contributed by atoms with E-state index in [-0.39, 0.29) is 18.1 Å². The number of benzene rings is 2. The molecule has 0 fully saturated rings. The number of hydrogen-bond acceptors (Lipinski definition) is 3. The smallest absolute Gasteiger partial charge is 0.414 e. The van der Waals surface area contributed by atoms with Crippen molar-refractivity contribution in [2.24, 2.45) is 7.05 Å². The topological polar surface area (TPSA) is 47.4 Å². The van der Waals surface area contributed by atoms with Gasteiger partial charge in [-0.25, -0.2) is 9.78 Å². The Balaban J connectivity index is 1.85. The molecular formula is C22H25N3O2. The summed E-state index contributed by atoms with van der Waals surface area (Å²) >= 11 is 0. The third-order valence-electron chi connectivity index (χ3n) is 5.74. The number of anilines is 1. The third-order valence-corrected chi connectivity index (χ3v) is 5.74. The van der Waals surface area contributed by atoms with Gasteiger partial charge in [-0.1, -0.05) is 37.3 Å². The van der Waals surface area contributed by atoms with Crippen LogP contribution in [0.25, 0.3) is 11.0 Å². The largest absolute Gasteiger partial charge is 0.452 e. The number of amides is 1. The summed E-state index contributed by atoms with van der Waals surface area (Å²) in [5.74, 6) is 1.23. The van der Waals surface area contributed by atoms with E-state index in [1.165, 1.54) is 12.7 Å². The van der Waals surface area contributed by atoms with Crippen molar-refractivity contribution < 1.29 is 9.53 Å². The van der Waals surface area contributed by atoms with Gasteiger partial charge in [0.2, 0.25) is 0 Å². The first-order valence-corrected chi connectivity index (χ1v) is 9.43. The highest BCUT2D eigenvalue weighted by atomic mass is 16.5. The summed E-state index contributed by atoms with van der Waals surface area (Å²) in [7, 11) is 3.50. The van der Waals surface area contributed by atoms with E-state index in [9.17, 15) is 4.79 Å². The Bertz CT molecular complexity index is 994. The first kappa shape index (κ1) is 17.6. The zero-order valence-corrected chi connectivity index (χ0v) is 16.3. The minimum Gasteiger partial charge on any atom is -0.452 e. The van der Waals surface area contributed by atoms with Crippen molar-refractivity contribution in [1.82, 2.24) is 9.55 Å². The van der Waals surface area contributed by atoms with Crippen LogP contribution in [-0.2, 0) is 18.2 Å². The van der Waals surface area contributed by atoms with Crippen LogP contribution in [0.5, 0.6) is 0 Å². The second-order valence-corrected chi connectivity index (χ2v) is 7.32. The lowest BCUT2D eigenvalue weighted by Crippen LogP contribution is -2.42. The molecule has 27 heavy (non-hydrogen) atoms. The predicted molar refractivity (Wildman–Crippen MR) is 107 cm³/mol. The number of nitrogens with zero attached hydrogens (tertiary/aromatic N) is 3. The minimum atomic E-state index is -0.309. The first-order chi connectivity index (χ1) is 13.0. The van der Waals surface area contributed by atoms with E-state index in [4.69, 9.17) is 9.72 Å². The lowest BCUT2D eigenvalue weighted by atomic mass is 9.96. The van der Waals surface area contributed by atoms with Crippen LogP contribution in [0, 0.1) is 0 Å². The number of aromatic nitrogens is 2. The molecule has 5 heteroatoms. The van der Waals surface area contributed by atoms with Crippen LogP contribution >= 0.6 is 0 Å². The average Bonchev–Trinajstić information content (AvgIpc) is 3.04. The van der Waals surface area contributed by atoms with Crippen molar-refractivity contribution in [3.05, 3.63) is 59.4 Å². The Morgan fingerprint density at radius 1 is 1.22 bits per heavy atom. The molecule has 1 aliphatic rings. The molecule has 0 unspecified atom stereocenters. The maximum atomic E-state index is 12.3. The molecule has 0 aliphatic carbocycles. The van der Waals surface area contributed by atoms with Crippen LogP contribution in [0.2, 0.25) is 0 Å². The van der Waals surface area contributed by atoms with Crippen LogP contribution in [-0.4, -0.2) is 28.8 Å². The Hall–Kier alpha value is -2.82. The molecule has 4 rings (SSSR count). The van der Waals surface area contributed by atoms with Gasteiger partial charge in [-0.2, -0.15) is 0 Å². The lowest BCUT2D eigenvalue weighted by Gasteiger charge is -2.34. The van der Waals surface area contributed by atoms with E-state index in [0.29, 0.717) is 0 Å². The van der Waals surface area contributed by atoms with E-state index >= 15 is 0 Å². The first-order valence-electron chi connectivity index (χ1n) is 9.43. The molecule has 0 N–H and O–H groups in total. The molecule has 2 aromatic carbocycles.